The monoisotopic (exact) mass is 249 g/mol. The van der Waals surface area contributed by atoms with Crippen molar-refractivity contribution < 1.29 is 4.79 Å². The number of anilines is 1. The van der Waals surface area contributed by atoms with Gasteiger partial charge in [-0.3, -0.25) is 4.79 Å². The Morgan fingerprint density at radius 1 is 1.39 bits per heavy atom. The maximum atomic E-state index is 11.8. The van der Waals surface area contributed by atoms with Crippen molar-refractivity contribution >= 4 is 11.6 Å². The van der Waals surface area contributed by atoms with Gasteiger partial charge in [0.05, 0.1) is 6.04 Å². The smallest absolute Gasteiger partial charge is 0.241 e. The molecular weight excluding hydrogens is 226 g/mol. The van der Waals surface area contributed by atoms with E-state index in [2.05, 4.69) is 17.6 Å². The molecule has 0 fully saturated rings. The molecule has 4 N–H and O–H groups in total. The maximum absolute atomic E-state index is 11.8. The van der Waals surface area contributed by atoms with Crippen LogP contribution in [0.25, 0.3) is 0 Å². The highest BCUT2D eigenvalue weighted by Crippen LogP contribution is 2.11. The van der Waals surface area contributed by atoms with Gasteiger partial charge in [0, 0.05) is 12.2 Å². The third kappa shape index (κ3) is 4.47. The second-order valence-electron chi connectivity index (χ2n) is 4.74. The van der Waals surface area contributed by atoms with Crippen molar-refractivity contribution in [3.05, 3.63) is 29.8 Å². The molecule has 1 atom stereocenters. The lowest BCUT2D eigenvalue weighted by atomic mass is 10.0. The number of carbonyl (C=O) groups is 1. The van der Waals surface area contributed by atoms with Crippen LogP contribution in [-0.2, 0) is 11.3 Å². The summed E-state index contributed by atoms with van der Waals surface area (Å²) in [5.74, 6) is 0.000501. The number of amides is 1. The van der Waals surface area contributed by atoms with E-state index in [0.717, 1.165) is 24.3 Å². The summed E-state index contributed by atoms with van der Waals surface area (Å²) in [6, 6.07) is 7.33. The topological polar surface area (TPSA) is 67.1 Å². The highest BCUT2D eigenvalue weighted by atomic mass is 16.2. The average molecular weight is 249 g/mol. The van der Waals surface area contributed by atoms with Crippen LogP contribution in [0, 0.1) is 5.92 Å². The molecule has 18 heavy (non-hydrogen) atoms. The zero-order chi connectivity index (χ0) is 13.5. The second-order valence-corrected chi connectivity index (χ2v) is 4.74. The molecule has 0 unspecified atom stereocenters. The van der Waals surface area contributed by atoms with Crippen molar-refractivity contribution in [3.63, 3.8) is 0 Å². The van der Waals surface area contributed by atoms with Crippen molar-refractivity contribution in [3.8, 4) is 0 Å². The van der Waals surface area contributed by atoms with E-state index in [1.54, 1.807) is 0 Å². The molecule has 4 heteroatoms. The van der Waals surface area contributed by atoms with E-state index in [-0.39, 0.29) is 11.8 Å². The molecule has 0 aromatic heterocycles. The summed E-state index contributed by atoms with van der Waals surface area (Å²) in [6.45, 7) is 7.66. The van der Waals surface area contributed by atoms with Crippen LogP contribution >= 0.6 is 0 Å². The maximum Gasteiger partial charge on any atom is 0.241 e. The zero-order valence-corrected chi connectivity index (χ0v) is 11.4. The quantitative estimate of drug-likeness (QED) is 0.719. The van der Waals surface area contributed by atoms with Gasteiger partial charge in [0.25, 0.3) is 0 Å². The van der Waals surface area contributed by atoms with E-state index >= 15 is 0 Å². The first-order valence-corrected chi connectivity index (χ1v) is 6.40. The van der Waals surface area contributed by atoms with Crippen molar-refractivity contribution in [2.75, 3.05) is 11.9 Å². The molecule has 0 bridgehead atoms. The fourth-order valence-electron chi connectivity index (χ4n) is 1.56. The van der Waals surface area contributed by atoms with Crippen LogP contribution in [0.15, 0.2) is 24.3 Å². The summed E-state index contributed by atoms with van der Waals surface area (Å²) in [5.41, 5.74) is 7.75. The van der Waals surface area contributed by atoms with Gasteiger partial charge in [0.15, 0.2) is 0 Å². The van der Waals surface area contributed by atoms with Gasteiger partial charge >= 0.3 is 0 Å². The minimum atomic E-state index is -0.470. The number of benzene rings is 1. The fourth-order valence-corrected chi connectivity index (χ4v) is 1.56. The molecule has 1 amide bonds. The van der Waals surface area contributed by atoms with Gasteiger partial charge in [0.2, 0.25) is 5.91 Å². The summed E-state index contributed by atoms with van der Waals surface area (Å²) in [6.07, 6.45) is 0. The van der Waals surface area contributed by atoms with Crippen LogP contribution in [0.1, 0.15) is 26.3 Å². The lowest BCUT2D eigenvalue weighted by Gasteiger charge is -2.15. The first-order valence-electron chi connectivity index (χ1n) is 6.40. The molecule has 0 saturated heterocycles. The Morgan fingerprint density at radius 3 is 2.72 bits per heavy atom. The molecule has 0 aliphatic rings. The number of carbonyl (C=O) groups excluding carboxylic acids is 1. The van der Waals surface area contributed by atoms with Crippen molar-refractivity contribution in [1.82, 2.24) is 5.32 Å². The third-order valence-electron chi connectivity index (χ3n) is 2.79. The summed E-state index contributed by atoms with van der Waals surface area (Å²) in [5, 5.41) is 6.10. The van der Waals surface area contributed by atoms with E-state index in [1.165, 1.54) is 0 Å². The molecule has 0 heterocycles. The first kappa shape index (κ1) is 14.7. The third-order valence-corrected chi connectivity index (χ3v) is 2.79. The second kappa shape index (κ2) is 7.13. The summed E-state index contributed by atoms with van der Waals surface area (Å²) >= 11 is 0. The standard InChI is InChI=1S/C14H23N3O/c1-4-16-9-11-6-5-7-12(8-11)17-14(18)13(15)10(2)3/h5-8,10,13,16H,4,9,15H2,1-3H3,(H,17,18)/t13-/m0/s1. The first-order chi connectivity index (χ1) is 8.54. The Morgan fingerprint density at radius 2 is 2.11 bits per heavy atom. The van der Waals surface area contributed by atoms with Gasteiger partial charge < -0.3 is 16.4 Å². The largest absolute Gasteiger partial charge is 0.325 e. The molecule has 100 valence electrons. The lowest BCUT2D eigenvalue weighted by molar-refractivity contribution is -0.118. The number of hydrogen-bond donors (Lipinski definition) is 3. The van der Waals surface area contributed by atoms with E-state index in [4.69, 9.17) is 5.73 Å². The molecule has 1 aromatic rings. The molecule has 0 radical (unpaired) electrons. The van der Waals surface area contributed by atoms with Gasteiger partial charge in [-0.15, -0.1) is 0 Å². The minimum absolute atomic E-state index is 0.134. The molecule has 1 aromatic carbocycles. The predicted molar refractivity (Wildman–Crippen MR) is 75.3 cm³/mol. The number of nitrogens with one attached hydrogen (secondary N) is 2. The number of rotatable bonds is 6. The Kier molecular flexibility index (Phi) is 5.82. The van der Waals surface area contributed by atoms with Crippen molar-refractivity contribution in [1.29, 1.82) is 0 Å². The molecule has 0 spiro atoms. The fraction of sp³-hybridized carbons (Fsp3) is 0.500. The van der Waals surface area contributed by atoms with E-state index in [1.807, 2.05) is 38.1 Å². The van der Waals surface area contributed by atoms with Gasteiger partial charge in [-0.1, -0.05) is 32.9 Å². The van der Waals surface area contributed by atoms with Gasteiger partial charge in [0.1, 0.15) is 0 Å². The molecule has 0 aliphatic carbocycles. The van der Waals surface area contributed by atoms with Gasteiger partial charge in [-0.25, -0.2) is 0 Å². The Bertz CT molecular complexity index is 390. The van der Waals surface area contributed by atoms with Crippen LogP contribution in [0.4, 0.5) is 5.69 Å². The van der Waals surface area contributed by atoms with Crippen LogP contribution in [0.3, 0.4) is 0 Å². The van der Waals surface area contributed by atoms with E-state index < -0.39 is 6.04 Å². The predicted octanol–water partition coefficient (Wildman–Crippen LogP) is 1.72. The van der Waals surface area contributed by atoms with Gasteiger partial charge in [-0.2, -0.15) is 0 Å². The molecule has 0 aliphatic heterocycles. The van der Waals surface area contributed by atoms with Crippen LogP contribution in [-0.4, -0.2) is 18.5 Å². The number of hydrogen-bond acceptors (Lipinski definition) is 3. The highest BCUT2D eigenvalue weighted by Gasteiger charge is 2.16. The number of nitrogens with two attached hydrogens (primary N) is 1. The molecule has 4 nitrogen and oxygen atoms in total. The molecular formula is C14H23N3O. The average Bonchev–Trinajstić information content (AvgIpc) is 2.35. The van der Waals surface area contributed by atoms with Gasteiger partial charge in [-0.05, 0) is 30.2 Å². The van der Waals surface area contributed by atoms with E-state index in [0.29, 0.717) is 0 Å². The minimum Gasteiger partial charge on any atom is -0.325 e. The summed E-state index contributed by atoms with van der Waals surface area (Å²) < 4.78 is 0. The normalized spacial score (nSPS) is 12.5. The van der Waals surface area contributed by atoms with Crippen LogP contribution in [0.2, 0.25) is 0 Å². The molecule has 0 saturated carbocycles. The Hall–Kier alpha value is -1.39. The highest BCUT2D eigenvalue weighted by molar-refractivity contribution is 5.94. The summed E-state index contributed by atoms with van der Waals surface area (Å²) in [4.78, 5) is 11.8. The van der Waals surface area contributed by atoms with Crippen molar-refractivity contribution in [2.24, 2.45) is 11.7 Å². The van der Waals surface area contributed by atoms with E-state index in [9.17, 15) is 4.79 Å². The van der Waals surface area contributed by atoms with Crippen molar-refractivity contribution in [2.45, 2.75) is 33.4 Å². The van der Waals surface area contributed by atoms with Crippen LogP contribution in [0.5, 0.6) is 0 Å². The summed E-state index contributed by atoms with van der Waals surface area (Å²) in [7, 11) is 0. The zero-order valence-electron chi connectivity index (χ0n) is 11.4. The molecule has 1 rings (SSSR count). The Labute approximate surface area is 109 Å². The SMILES string of the molecule is CCNCc1cccc(NC(=O)[C@@H](N)C(C)C)c1. The lowest BCUT2D eigenvalue weighted by Crippen LogP contribution is -2.39. The Balaban J connectivity index is 2.64. The van der Waals surface area contributed by atoms with Crippen LogP contribution < -0.4 is 16.4 Å².